The van der Waals surface area contributed by atoms with Crippen LogP contribution in [0.3, 0.4) is 0 Å². The minimum absolute atomic E-state index is 0.0804. The molecule has 6 aromatic rings. The molecule has 0 atom stereocenters. The number of imide groups is 1. The molecule has 0 radical (unpaired) electrons. The number of nitrogen functional groups attached to an aromatic ring is 1. The largest absolute Gasteiger partial charge is 0.487 e. The van der Waals surface area contributed by atoms with Crippen LogP contribution in [0, 0.1) is 13.8 Å². The third-order valence-electron chi connectivity index (χ3n) is 12.4. The van der Waals surface area contributed by atoms with Gasteiger partial charge >= 0.3 is 17.8 Å². The number of thiophene rings is 2. The predicted molar refractivity (Wildman–Crippen MR) is 252 cm³/mol. The number of carbonyl (C=O) groups excluding carboxylic acids is 3. The van der Waals surface area contributed by atoms with Crippen LogP contribution in [0.5, 0.6) is 5.06 Å². The molecule has 0 saturated heterocycles. The summed E-state index contributed by atoms with van der Waals surface area (Å²) in [5.74, 6) is -18.4. The molecule has 370 valence electrons. The van der Waals surface area contributed by atoms with E-state index in [4.69, 9.17) is 10.5 Å². The van der Waals surface area contributed by atoms with E-state index >= 15 is 26.3 Å². The van der Waals surface area contributed by atoms with E-state index in [1.54, 1.807) is 36.4 Å². The van der Waals surface area contributed by atoms with E-state index in [2.05, 4.69) is 5.32 Å². The Kier molecular flexibility index (Phi) is 13.1. The van der Waals surface area contributed by atoms with Gasteiger partial charge in [-0.1, -0.05) is 53.8 Å². The van der Waals surface area contributed by atoms with Gasteiger partial charge < -0.3 is 15.8 Å². The number of alkyl halides is 6. The molecule has 1 aliphatic carbocycles. The number of nitrogens with one attached hydrogen (secondary N) is 1. The first-order chi connectivity index (χ1) is 32.7. The Labute approximate surface area is 404 Å². The smallest absolute Gasteiger partial charge is 0.380 e. The molecule has 4 aromatic carbocycles. The van der Waals surface area contributed by atoms with E-state index in [0.717, 1.165) is 58.4 Å². The number of carbonyl (C=O) groups is 3. The summed E-state index contributed by atoms with van der Waals surface area (Å²) >= 11 is 1.90. The van der Waals surface area contributed by atoms with Crippen molar-refractivity contribution in [3.8, 4) is 15.5 Å². The number of allylic oxidation sites excluding steroid dienone is 2. The first-order valence-corrected chi connectivity index (χ1v) is 25.9. The highest BCUT2D eigenvalue weighted by molar-refractivity contribution is 7.86. The Bertz CT molecular complexity index is 3420. The molecule has 0 bridgehead atoms. The lowest BCUT2D eigenvalue weighted by Gasteiger charge is -2.28. The van der Waals surface area contributed by atoms with Crippen LogP contribution >= 0.6 is 22.7 Å². The number of nitrogens with zero attached hydrogens (tertiary/aromatic N) is 1. The van der Waals surface area contributed by atoms with Crippen LogP contribution in [0.25, 0.3) is 42.4 Å². The summed E-state index contributed by atoms with van der Waals surface area (Å²) in [5, 5.41) is 2.17. The molecule has 8 rings (SSSR count). The number of rotatable bonds is 16. The second kappa shape index (κ2) is 18.1. The van der Waals surface area contributed by atoms with Crippen molar-refractivity contribution in [1.29, 1.82) is 0 Å². The number of methoxy groups -OCH3 is 1. The number of anilines is 1. The molecular formula is C47H41F6N3O10S4. The van der Waals surface area contributed by atoms with Crippen molar-refractivity contribution in [2.45, 2.75) is 79.9 Å². The first kappa shape index (κ1) is 50.5. The fraction of sp³-hybridized carbons (Fsp3) is 0.298. The van der Waals surface area contributed by atoms with Crippen molar-refractivity contribution >= 4 is 98.3 Å². The monoisotopic (exact) mass is 1050 g/mol. The van der Waals surface area contributed by atoms with Gasteiger partial charge in [-0.3, -0.25) is 28.4 Å². The Morgan fingerprint density at radius 1 is 0.786 bits per heavy atom. The molecule has 3 amide bonds. The number of unbranched alkanes of at least 4 members (excludes halogenated alkanes) is 2. The minimum atomic E-state index is -5.75. The number of fused-ring (bicyclic) bond motifs is 1. The zero-order valence-electron chi connectivity index (χ0n) is 37.1. The number of benzene rings is 4. The molecule has 0 fully saturated rings. The summed E-state index contributed by atoms with van der Waals surface area (Å²) < 4.78 is 168. The Hall–Kier alpha value is -5.85. The van der Waals surface area contributed by atoms with Gasteiger partial charge in [0.05, 0.1) is 34.4 Å². The Balaban J connectivity index is 0.879. The fourth-order valence-corrected chi connectivity index (χ4v) is 12.5. The molecular weight excluding hydrogens is 1010 g/mol. The maximum Gasteiger partial charge on any atom is 0.380 e. The summed E-state index contributed by atoms with van der Waals surface area (Å²) in [5.41, 5.74) is 2.30. The molecule has 1 aliphatic heterocycles. The lowest BCUT2D eigenvalue weighted by atomic mass is 9.91. The topological polar surface area (TPSA) is 210 Å². The number of nitrogens with two attached hydrogens (primary N) is 1. The number of hydrogen-bond donors (Lipinski definition) is 4. The molecule has 13 nitrogen and oxygen atoms in total. The van der Waals surface area contributed by atoms with Gasteiger partial charge in [-0.25, -0.2) is 0 Å². The van der Waals surface area contributed by atoms with Gasteiger partial charge in [0.25, 0.3) is 32.1 Å². The van der Waals surface area contributed by atoms with Crippen molar-refractivity contribution < 1.29 is 71.4 Å². The Morgan fingerprint density at radius 3 is 2.04 bits per heavy atom. The van der Waals surface area contributed by atoms with E-state index in [-0.39, 0.29) is 80.2 Å². The van der Waals surface area contributed by atoms with Gasteiger partial charge in [-0.15, -0.1) is 11.3 Å². The van der Waals surface area contributed by atoms with Gasteiger partial charge in [0, 0.05) is 66.8 Å². The standard InChI is InChI=1S/C47H41F6N3O10S4/c1-23-35(38-39(46(50,51)47(52,53)45(38,48)49)37-28-11-5-6-12-32(28)68-44(37)66-3)24(2)67-41(23)26-16-14-25(15-17-26)10-9-13-34(57)55-18-7-4-8-19-56-42(58)30-21-27(69(60,61)62)20-29-36(30)31(43(56)59)22-33(40(29)54)70(63,64)65/h5-6,11-12,14-17,20-22H,4,7-10,13,18-19,54H2,1-3H3,(H,55,57)(H,60,61,62)(H,63,64,65). The van der Waals surface area contributed by atoms with Gasteiger partial charge in [0.1, 0.15) is 4.90 Å². The maximum absolute atomic E-state index is 16.0. The van der Waals surface area contributed by atoms with Crippen LogP contribution in [-0.4, -0.2) is 86.5 Å². The second-order valence-electron chi connectivity index (χ2n) is 16.8. The average Bonchev–Trinajstić information content (AvgIpc) is 3.83. The van der Waals surface area contributed by atoms with Crippen LogP contribution in [-0.2, 0) is 31.5 Å². The predicted octanol–water partition coefficient (Wildman–Crippen LogP) is 10.2. The maximum atomic E-state index is 16.0. The molecule has 23 heteroatoms. The van der Waals surface area contributed by atoms with Gasteiger partial charge in [-0.2, -0.15) is 43.2 Å². The number of halogens is 6. The van der Waals surface area contributed by atoms with E-state index in [0.29, 0.717) is 40.8 Å². The molecule has 2 aromatic heterocycles. The molecule has 2 aliphatic rings. The lowest BCUT2D eigenvalue weighted by molar-refractivity contribution is -0.254. The van der Waals surface area contributed by atoms with Gasteiger partial charge in [0.2, 0.25) is 5.91 Å². The average molecular weight is 1050 g/mol. The van der Waals surface area contributed by atoms with Crippen molar-refractivity contribution in [2.24, 2.45) is 0 Å². The highest BCUT2D eigenvalue weighted by atomic mass is 32.2. The zero-order valence-corrected chi connectivity index (χ0v) is 40.4. The van der Waals surface area contributed by atoms with Crippen LogP contribution in [0.15, 0.2) is 76.5 Å². The van der Waals surface area contributed by atoms with E-state index in [1.165, 1.54) is 26.0 Å². The molecule has 0 spiro atoms. The summed E-state index contributed by atoms with van der Waals surface area (Å²) in [6.45, 7) is 2.91. The molecule has 70 heavy (non-hydrogen) atoms. The van der Waals surface area contributed by atoms with Gasteiger partial charge in [-0.05, 0) is 86.9 Å². The van der Waals surface area contributed by atoms with E-state index in [1.807, 2.05) is 0 Å². The number of hydrogen-bond acceptors (Lipinski definition) is 11. The van der Waals surface area contributed by atoms with Crippen LogP contribution in [0.2, 0.25) is 0 Å². The van der Waals surface area contributed by atoms with Crippen molar-refractivity contribution in [3.63, 3.8) is 0 Å². The second-order valence-corrected chi connectivity index (χ2v) is 21.9. The van der Waals surface area contributed by atoms with E-state index in [9.17, 15) is 40.3 Å². The quantitative estimate of drug-likeness (QED) is 0.0236. The van der Waals surface area contributed by atoms with Crippen LogP contribution in [0.4, 0.5) is 32.0 Å². The summed E-state index contributed by atoms with van der Waals surface area (Å²) in [4.78, 5) is 39.3. The number of amides is 3. The molecule has 0 saturated carbocycles. The SMILES string of the molecule is COc1sc2ccccc2c1C1=C(c2c(C)sc(-c3ccc(CCCC(=O)NCCCCCN4C(=O)c5cc(S(=O)(=O)O)cc6c(N)c(S(=O)(=O)O)cc(c56)C4=O)cc3)c2C)C(F)(F)C(F)(F)C1(F)F. The van der Waals surface area contributed by atoms with Crippen LogP contribution < -0.4 is 15.8 Å². The molecule has 3 heterocycles. The van der Waals surface area contributed by atoms with Crippen LogP contribution in [0.1, 0.15) is 80.0 Å². The highest BCUT2D eigenvalue weighted by Crippen LogP contribution is 2.67. The summed E-state index contributed by atoms with van der Waals surface area (Å²) in [6, 6.07) is 15.4. The van der Waals surface area contributed by atoms with Crippen molar-refractivity contribution in [2.75, 3.05) is 25.9 Å². The third-order valence-corrected chi connectivity index (χ3v) is 16.6. The summed E-state index contributed by atoms with van der Waals surface area (Å²) in [7, 11) is -8.80. The van der Waals surface area contributed by atoms with Crippen molar-refractivity contribution in [1.82, 2.24) is 10.2 Å². The molecule has 0 unspecified atom stereocenters. The lowest BCUT2D eigenvalue weighted by Crippen LogP contribution is -2.49. The van der Waals surface area contributed by atoms with E-state index < -0.39 is 82.0 Å². The Morgan fingerprint density at radius 2 is 1.41 bits per heavy atom. The first-order valence-electron chi connectivity index (χ1n) is 21.4. The van der Waals surface area contributed by atoms with Crippen molar-refractivity contribution in [3.05, 3.63) is 105 Å². The number of aryl methyl sites for hydroxylation is 2. The number of ether oxygens (including phenoxy) is 1. The highest BCUT2D eigenvalue weighted by Gasteiger charge is 2.81. The summed E-state index contributed by atoms with van der Waals surface area (Å²) in [6.07, 6.45) is 2.09. The fourth-order valence-electron chi connectivity index (χ4n) is 9.07. The zero-order chi connectivity index (χ0) is 51.0. The third kappa shape index (κ3) is 8.42. The minimum Gasteiger partial charge on any atom is -0.487 e. The van der Waals surface area contributed by atoms with Gasteiger partial charge in [0.15, 0.2) is 5.06 Å². The normalized spacial score (nSPS) is 16.5. The molecule has 5 N–H and O–H groups in total.